The van der Waals surface area contributed by atoms with Gasteiger partial charge in [-0.2, -0.15) is 4.98 Å². The molecule has 0 aliphatic heterocycles. The quantitative estimate of drug-likeness (QED) is 0.804. The Bertz CT molecular complexity index is 413. The molecule has 0 radical (unpaired) electrons. The maximum absolute atomic E-state index is 5.51. The summed E-state index contributed by atoms with van der Waals surface area (Å²) in [6.45, 7) is 3.82. The van der Waals surface area contributed by atoms with Crippen molar-refractivity contribution in [3.05, 3.63) is 12.3 Å². The van der Waals surface area contributed by atoms with Gasteiger partial charge in [-0.05, 0) is 43.4 Å². The van der Waals surface area contributed by atoms with E-state index in [1.807, 2.05) is 6.07 Å². The SMILES string of the molecule is CCCOc1ccnc(NCC2(C3CC3)CC2)n1. The van der Waals surface area contributed by atoms with Crippen LogP contribution in [0, 0.1) is 11.3 Å². The van der Waals surface area contributed by atoms with E-state index >= 15 is 0 Å². The zero-order valence-corrected chi connectivity index (χ0v) is 11.0. The Kier molecular flexibility index (Phi) is 3.10. The first-order valence-electron chi connectivity index (χ1n) is 7.02. The lowest BCUT2D eigenvalue weighted by Gasteiger charge is -2.15. The van der Waals surface area contributed by atoms with Crippen molar-refractivity contribution in [1.29, 1.82) is 0 Å². The molecule has 3 rings (SSSR count). The predicted octanol–water partition coefficient (Wildman–Crippen LogP) is 2.87. The van der Waals surface area contributed by atoms with Crippen LogP contribution in [0.5, 0.6) is 5.88 Å². The van der Waals surface area contributed by atoms with Crippen molar-refractivity contribution in [3.63, 3.8) is 0 Å². The van der Waals surface area contributed by atoms with Crippen LogP contribution < -0.4 is 10.1 Å². The molecule has 0 amide bonds. The molecule has 0 unspecified atom stereocenters. The van der Waals surface area contributed by atoms with Crippen LogP contribution in [-0.4, -0.2) is 23.1 Å². The number of ether oxygens (including phenoxy) is 1. The van der Waals surface area contributed by atoms with E-state index in [2.05, 4.69) is 22.2 Å². The smallest absolute Gasteiger partial charge is 0.225 e. The molecule has 0 spiro atoms. The monoisotopic (exact) mass is 247 g/mol. The lowest BCUT2D eigenvalue weighted by atomic mass is 10.0. The van der Waals surface area contributed by atoms with Crippen LogP contribution in [0.25, 0.3) is 0 Å². The maximum Gasteiger partial charge on any atom is 0.225 e. The van der Waals surface area contributed by atoms with Gasteiger partial charge >= 0.3 is 0 Å². The summed E-state index contributed by atoms with van der Waals surface area (Å²) in [5.41, 5.74) is 0.573. The van der Waals surface area contributed by atoms with E-state index in [4.69, 9.17) is 4.74 Å². The Balaban J connectivity index is 1.55. The van der Waals surface area contributed by atoms with Crippen molar-refractivity contribution in [3.8, 4) is 5.88 Å². The van der Waals surface area contributed by atoms with Gasteiger partial charge in [-0.3, -0.25) is 0 Å². The summed E-state index contributed by atoms with van der Waals surface area (Å²) in [6.07, 6.45) is 8.34. The number of nitrogens with zero attached hydrogens (tertiary/aromatic N) is 2. The van der Waals surface area contributed by atoms with Crippen LogP contribution >= 0.6 is 0 Å². The molecule has 1 heterocycles. The summed E-state index contributed by atoms with van der Waals surface area (Å²) in [5.74, 6) is 2.34. The molecule has 2 aliphatic rings. The van der Waals surface area contributed by atoms with E-state index in [0.717, 1.165) is 18.9 Å². The third-order valence-electron chi connectivity index (χ3n) is 4.02. The highest BCUT2D eigenvalue weighted by molar-refractivity contribution is 5.29. The fourth-order valence-corrected chi connectivity index (χ4v) is 2.56. The standard InChI is InChI=1S/C14H21N3O/c1-2-9-18-12-5-8-15-13(17-12)16-10-14(6-7-14)11-3-4-11/h5,8,11H,2-4,6-7,9-10H2,1H3,(H,15,16,17). The molecule has 1 N–H and O–H groups in total. The summed E-state index contributed by atoms with van der Waals surface area (Å²) < 4.78 is 5.51. The van der Waals surface area contributed by atoms with Gasteiger partial charge in [0.05, 0.1) is 6.61 Å². The van der Waals surface area contributed by atoms with E-state index in [9.17, 15) is 0 Å². The highest BCUT2D eigenvalue weighted by Gasteiger charge is 2.53. The largest absolute Gasteiger partial charge is 0.478 e. The van der Waals surface area contributed by atoms with Crippen LogP contribution in [0.3, 0.4) is 0 Å². The number of anilines is 1. The topological polar surface area (TPSA) is 47.0 Å². The predicted molar refractivity (Wildman–Crippen MR) is 70.7 cm³/mol. The average molecular weight is 247 g/mol. The summed E-state index contributed by atoms with van der Waals surface area (Å²) in [7, 11) is 0. The normalized spacial score (nSPS) is 20.5. The minimum absolute atomic E-state index is 0.573. The maximum atomic E-state index is 5.51. The fourth-order valence-electron chi connectivity index (χ4n) is 2.56. The van der Waals surface area contributed by atoms with E-state index in [1.165, 1.54) is 25.7 Å². The lowest BCUT2D eigenvalue weighted by Crippen LogP contribution is -2.18. The molecule has 18 heavy (non-hydrogen) atoms. The minimum atomic E-state index is 0.573. The third-order valence-corrected chi connectivity index (χ3v) is 4.02. The van der Waals surface area contributed by atoms with Crippen molar-refractivity contribution in [2.24, 2.45) is 11.3 Å². The zero-order chi connectivity index (χ0) is 12.4. The van der Waals surface area contributed by atoms with Crippen LogP contribution in [0.4, 0.5) is 5.95 Å². The Hall–Kier alpha value is -1.32. The molecule has 1 aromatic heterocycles. The molecule has 0 saturated heterocycles. The van der Waals surface area contributed by atoms with Gasteiger partial charge in [0.2, 0.25) is 11.8 Å². The molecule has 0 aromatic carbocycles. The van der Waals surface area contributed by atoms with Gasteiger partial charge in [-0.25, -0.2) is 4.98 Å². The zero-order valence-electron chi connectivity index (χ0n) is 11.0. The molecule has 0 atom stereocenters. The van der Waals surface area contributed by atoms with Gasteiger partial charge in [0, 0.05) is 18.8 Å². The number of rotatable bonds is 7. The summed E-state index contributed by atoms with van der Waals surface area (Å²) in [6, 6.07) is 1.81. The average Bonchev–Trinajstić information content (AvgIpc) is 3.27. The highest BCUT2D eigenvalue weighted by Crippen LogP contribution is 2.61. The van der Waals surface area contributed by atoms with E-state index in [-0.39, 0.29) is 0 Å². The van der Waals surface area contributed by atoms with E-state index < -0.39 is 0 Å². The molecule has 4 heteroatoms. The van der Waals surface area contributed by atoms with Crippen molar-refractivity contribution >= 4 is 5.95 Å². The van der Waals surface area contributed by atoms with Gasteiger partial charge < -0.3 is 10.1 Å². The lowest BCUT2D eigenvalue weighted by molar-refractivity contribution is 0.305. The molecular formula is C14H21N3O. The molecule has 98 valence electrons. The van der Waals surface area contributed by atoms with Crippen molar-refractivity contribution < 1.29 is 4.74 Å². The van der Waals surface area contributed by atoms with Crippen molar-refractivity contribution in [2.75, 3.05) is 18.5 Å². The molecule has 2 aliphatic carbocycles. The van der Waals surface area contributed by atoms with Gasteiger partial charge in [-0.1, -0.05) is 6.92 Å². The van der Waals surface area contributed by atoms with Gasteiger partial charge in [0.25, 0.3) is 0 Å². The van der Waals surface area contributed by atoms with Gasteiger partial charge in [0.15, 0.2) is 0 Å². The Labute approximate surface area is 108 Å². The van der Waals surface area contributed by atoms with Gasteiger partial charge in [-0.15, -0.1) is 0 Å². The summed E-state index contributed by atoms with van der Waals surface area (Å²) in [5, 5.41) is 3.38. The Morgan fingerprint density at radius 3 is 2.94 bits per heavy atom. The van der Waals surface area contributed by atoms with Crippen molar-refractivity contribution in [2.45, 2.75) is 39.0 Å². The fraction of sp³-hybridized carbons (Fsp3) is 0.714. The Morgan fingerprint density at radius 2 is 2.28 bits per heavy atom. The molecular weight excluding hydrogens is 226 g/mol. The van der Waals surface area contributed by atoms with E-state index in [0.29, 0.717) is 23.9 Å². The third kappa shape index (κ3) is 2.57. The van der Waals surface area contributed by atoms with Gasteiger partial charge in [0.1, 0.15) is 0 Å². The first-order valence-corrected chi connectivity index (χ1v) is 7.02. The van der Waals surface area contributed by atoms with Crippen LogP contribution in [-0.2, 0) is 0 Å². The van der Waals surface area contributed by atoms with Crippen LogP contribution in [0.2, 0.25) is 0 Å². The number of hydrogen-bond acceptors (Lipinski definition) is 4. The second-order valence-electron chi connectivity index (χ2n) is 5.56. The molecule has 1 aromatic rings. The summed E-state index contributed by atoms with van der Waals surface area (Å²) in [4.78, 5) is 8.63. The minimum Gasteiger partial charge on any atom is -0.478 e. The Morgan fingerprint density at radius 1 is 1.44 bits per heavy atom. The molecule has 4 nitrogen and oxygen atoms in total. The number of nitrogens with one attached hydrogen (secondary N) is 1. The molecule has 0 bridgehead atoms. The summed E-state index contributed by atoms with van der Waals surface area (Å²) >= 11 is 0. The van der Waals surface area contributed by atoms with Crippen molar-refractivity contribution in [1.82, 2.24) is 9.97 Å². The van der Waals surface area contributed by atoms with Crippen LogP contribution in [0.15, 0.2) is 12.3 Å². The number of aromatic nitrogens is 2. The van der Waals surface area contributed by atoms with Crippen LogP contribution in [0.1, 0.15) is 39.0 Å². The second-order valence-corrected chi connectivity index (χ2v) is 5.56. The molecule has 2 saturated carbocycles. The van der Waals surface area contributed by atoms with E-state index in [1.54, 1.807) is 6.20 Å². The second kappa shape index (κ2) is 4.75. The first-order chi connectivity index (χ1) is 8.82. The highest BCUT2D eigenvalue weighted by atomic mass is 16.5. The number of hydrogen-bond donors (Lipinski definition) is 1. The molecule has 2 fully saturated rings. The first kappa shape index (κ1) is 11.8.